The number of nitrogens with zero attached hydrogens (tertiary/aromatic N) is 3. The molecule has 0 aliphatic heterocycles. The summed E-state index contributed by atoms with van der Waals surface area (Å²) in [5.74, 6) is 0.428. The molecule has 0 aliphatic carbocycles. The lowest BCUT2D eigenvalue weighted by Gasteiger charge is -2.08. The molecule has 0 amide bonds. The minimum atomic E-state index is -3.62. The fourth-order valence-electron chi connectivity index (χ4n) is 1.24. The lowest BCUT2D eigenvalue weighted by Crippen LogP contribution is -2.29. The Hall–Kier alpha value is -0.510. The molecule has 1 heterocycles. The van der Waals surface area contributed by atoms with E-state index in [0.29, 0.717) is 19.1 Å². The molecule has 1 aromatic rings. The van der Waals surface area contributed by atoms with Crippen molar-refractivity contribution in [1.82, 2.24) is 19.7 Å². The van der Waals surface area contributed by atoms with Crippen LogP contribution in [0.3, 0.4) is 0 Å². The Labute approximate surface area is 115 Å². The van der Waals surface area contributed by atoms with Crippen LogP contribution >= 0.6 is 15.9 Å². The average Bonchev–Trinajstić information content (AvgIpc) is 2.57. The molecule has 0 saturated carbocycles. The molecule has 7 nitrogen and oxygen atoms in total. The van der Waals surface area contributed by atoms with Crippen LogP contribution in [0.25, 0.3) is 0 Å². The van der Waals surface area contributed by atoms with Gasteiger partial charge in [-0.2, -0.15) is 0 Å². The van der Waals surface area contributed by atoms with Crippen molar-refractivity contribution in [3.8, 4) is 0 Å². The molecule has 0 radical (unpaired) electrons. The van der Waals surface area contributed by atoms with Crippen molar-refractivity contribution in [1.29, 1.82) is 0 Å². The third-order valence-electron chi connectivity index (χ3n) is 1.98. The van der Waals surface area contributed by atoms with Crippen LogP contribution in [0, 0.1) is 5.92 Å². The average molecular weight is 341 g/mol. The summed E-state index contributed by atoms with van der Waals surface area (Å²) in [5.41, 5.74) is 0. The number of halogens is 1. The second-order valence-corrected chi connectivity index (χ2v) is 6.61. The minimum absolute atomic E-state index is 0.00589. The van der Waals surface area contributed by atoms with Crippen molar-refractivity contribution in [2.45, 2.75) is 18.9 Å². The molecule has 0 unspecified atom stereocenters. The quantitative estimate of drug-likeness (QED) is 0.731. The maximum atomic E-state index is 11.9. The first-order valence-electron chi connectivity index (χ1n) is 5.47. The molecule has 1 aromatic heterocycles. The van der Waals surface area contributed by atoms with E-state index in [0.717, 1.165) is 0 Å². The van der Waals surface area contributed by atoms with Gasteiger partial charge in [-0.1, -0.05) is 19.1 Å². The Bertz CT molecular complexity index is 467. The van der Waals surface area contributed by atoms with Crippen molar-refractivity contribution in [2.75, 3.05) is 19.8 Å². The van der Waals surface area contributed by atoms with Gasteiger partial charge in [0, 0.05) is 20.2 Å². The van der Waals surface area contributed by atoms with Crippen molar-refractivity contribution in [3.63, 3.8) is 0 Å². The van der Waals surface area contributed by atoms with Crippen LogP contribution in [0.5, 0.6) is 0 Å². The van der Waals surface area contributed by atoms with Crippen LogP contribution in [0.2, 0.25) is 0 Å². The molecule has 0 spiro atoms. The summed E-state index contributed by atoms with van der Waals surface area (Å²) in [7, 11) is -2.10. The highest BCUT2D eigenvalue weighted by Crippen LogP contribution is 2.17. The number of nitrogens with one attached hydrogen (secondary N) is 1. The highest BCUT2D eigenvalue weighted by molar-refractivity contribution is 9.10. The van der Waals surface area contributed by atoms with E-state index < -0.39 is 10.0 Å². The van der Waals surface area contributed by atoms with E-state index >= 15 is 0 Å². The molecule has 1 N–H and O–H groups in total. The molecule has 0 saturated heterocycles. The topological polar surface area (TPSA) is 86.1 Å². The first-order valence-corrected chi connectivity index (χ1v) is 7.75. The van der Waals surface area contributed by atoms with Crippen LogP contribution in [-0.4, -0.2) is 43.2 Å². The van der Waals surface area contributed by atoms with Gasteiger partial charge in [-0.3, -0.25) is 0 Å². The van der Waals surface area contributed by atoms with E-state index in [1.54, 1.807) is 0 Å². The van der Waals surface area contributed by atoms with Crippen LogP contribution < -0.4 is 4.72 Å². The zero-order valence-corrected chi connectivity index (χ0v) is 13.0. The van der Waals surface area contributed by atoms with E-state index in [-0.39, 0.29) is 16.2 Å². The number of aryl methyl sites for hydroxylation is 1. The van der Waals surface area contributed by atoms with Crippen LogP contribution in [0.1, 0.15) is 13.8 Å². The predicted octanol–water partition coefficient (Wildman–Crippen LogP) is 0.528. The summed E-state index contributed by atoms with van der Waals surface area (Å²) >= 11 is 3.05. The van der Waals surface area contributed by atoms with E-state index in [2.05, 4.69) is 31.0 Å². The van der Waals surface area contributed by atoms with E-state index in [9.17, 15) is 8.42 Å². The lowest BCUT2D eigenvalue weighted by molar-refractivity contribution is 0.114. The normalized spacial score (nSPS) is 12.3. The van der Waals surface area contributed by atoms with Gasteiger partial charge in [0.05, 0.1) is 6.61 Å². The fourth-order valence-corrected chi connectivity index (χ4v) is 3.35. The molecule has 0 aromatic carbocycles. The third-order valence-corrected chi connectivity index (χ3v) is 4.33. The molecule has 0 atom stereocenters. The highest BCUT2D eigenvalue weighted by Gasteiger charge is 2.23. The van der Waals surface area contributed by atoms with E-state index in [1.165, 1.54) is 11.7 Å². The zero-order valence-electron chi connectivity index (χ0n) is 10.6. The molecule has 9 heteroatoms. The molecule has 0 fully saturated rings. The number of ether oxygens (including phenoxy) is 1. The van der Waals surface area contributed by atoms with Crippen molar-refractivity contribution in [3.05, 3.63) is 4.60 Å². The van der Waals surface area contributed by atoms with Crippen LogP contribution in [0.4, 0.5) is 0 Å². The van der Waals surface area contributed by atoms with Gasteiger partial charge in [0.25, 0.3) is 10.0 Å². The van der Waals surface area contributed by atoms with Crippen molar-refractivity contribution in [2.24, 2.45) is 13.0 Å². The van der Waals surface area contributed by atoms with Gasteiger partial charge in [-0.05, 0) is 21.8 Å². The van der Waals surface area contributed by atoms with Gasteiger partial charge in [-0.15, -0.1) is 5.10 Å². The molecular formula is C9H17BrN4O3S. The largest absolute Gasteiger partial charge is 0.380 e. The van der Waals surface area contributed by atoms with Crippen molar-refractivity contribution >= 4 is 26.0 Å². The fraction of sp³-hybridized carbons (Fsp3) is 0.778. The van der Waals surface area contributed by atoms with Crippen molar-refractivity contribution < 1.29 is 13.2 Å². The standard InChI is InChI=1S/C9H17BrN4O3S/c1-7(2)6-17-5-4-11-18(15,16)9-8(10)12-13-14(9)3/h7,11H,4-6H2,1-3H3. The summed E-state index contributed by atoms with van der Waals surface area (Å²) in [6.07, 6.45) is 0. The van der Waals surface area contributed by atoms with Gasteiger partial charge < -0.3 is 4.74 Å². The van der Waals surface area contributed by atoms with Gasteiger partial charge in [0.15, 0.2) is 4.60 Å². The zero-order chi connectivity index (χ0) is 13.8. The van der Waals surface area contributed by atoms with Crippen LogP contribution in [-0.2, 0) is 21.8 Å². The van der Waals surface area contributed by atoms with Crippen LogP contribution in [0.15, 0.2) is 9.63 Å². The number of rotatable bonds is 7. The second-order valence-electron chi connectivity index (χ2n) is 4.18. The Morgan fingerprint density at radius 3 is 2.67 bits per heavy atom. The number of sulfonamides is 1. The Kier molecular flexibility index (Phi) is 5.70. The molecule has 0 aliphatic rings. The van der Waals surface area contributed by atoms with Gasteiger partial charge in [-0.25, -0.2) is 17.8 Å². The monoisotopic (exact) mass is 340 g/mol. The molecule has 0 bridgehead atoms. The highest BCUT2D eigenvalue weighted by atomic mass is 79.9. The maximum absolute atomic E-state index is 11.9. The summed E-state index contributed by atoms with van der Waals surface area (Å²) < 4.78 is 33.0. The Balaban J connectivity index is 2.51. The molecular weight excluding hydrogens is 324 g/mol. The summed E-state index contributed by atoms with van der Waals surface area (Å²) in [6.45, 7) is 5.22. The predicted molar refractivity (Wildman–Crippen MR) is 69.5 cm³/mol. The van der Waals surface area contributed by atoms with E-state index in [1.807, 2.05) is 13.8 Å². The minimum Gasteiger partial charge on any atom is -0.380 e. The Morgan fingerprint density at radius 2 is 2.17 bits per heavy atom. The van der Waals surface area contributed by atoms with Gasteiger partial charge >= 0.3 is 0 Å². The number of aromatic nitrogens is 3. The first-order chi connectivity index (χ1) is 8.34. The second kappa shape index (κ2) is 6.60. The Morgan fingerprint density at radius 1 is 1.50 bits per heavy atom. The molecule has 104 valence electrons. The van der Waals surface area contributed by atoms with E-state index in [4.69, 9.17) is 4.74 Å². The van der Waals surface area contributed by atoms with Gasteiger partial charge in [0.1, 0.15) is 0 Å². The maximum Gasteiger partial charge on any atom is 0.260 e. The summed E-state index contributed by atoms with van der Waals surface area (Å²) in [4.78, 5) is 0. The first kappa shape index (κ1) is 15.5. The van der Waals surface area contributed by atoms with Gasteiger partial charge in [0.2, 0.25) is 5.03 Å². The number of hydrogen-bond donors (Lipinski definition) is 1. The molecule has 1 rings (SSSR count). The smallest absolute Gasteiger partial charge is 0.260 e. The summed E-state index contributed by atoms with van der Waals surface area (Å²) in [5, 5.41) is 7.25. The number of hydrogen-bond acceptors (Lipinski definition) is 5. The lowest BCUT2D eigenvalue weighted by atomic mass is 10.2. The molecule has 18 heavy (non-hydrogen) atoms. The SMILES string of the molecule is CC(C)COCCNS(=O)(=O)c1c(Br)nnn1C. The third kappa shape index (κ3) is 4.30. The summed E-state index contributed by atoms with van der Waals surface area (Å²) in [6, 6.07) is 0.